The van der Waals surface area contributed by atoms with Crippen molar-refractivity contribution >= 4 is 33.7 Å². The van der Waals surface area contributed by atoms with Crippen LogP contribution in [0.15, 0.2) is 21.9 Å². The number of carbonyl (C=O) groups excluding carboxylic acids is 1. The predicted molar refractivity (Wildman–Crippen MR) is 95.3 cm³/mol. The third-order valence-electron chi connectivity index (χ3n) is 3.25. The van der Waals surface area contributed by atoms with Crippen molar-refractivity contribution in [1.82, 2.24) is 15.2 Å². The van der Waals surface area contributed by atoms with Crippen LogP contribution >= 0.6 is 22.7 Å². The number of nitrogens with zero attached hydrogens (tertiary/aromatic N) is 3. The van der Waals surface area contributed by atoms with Crippen LogP contribution in [0.3, 0.4) is 0 Å². The van der Waals surface area contributed by atoms with Gasteiger partial charge in [-0.3, -0.25) is 4.79 Å². The summed E-state index contributed by atoms with van der Waals surface area (Å²) in [6, 6.07) is 3.88. The summed E-state index contributed by atoms with van der Waals surface area (Å²) in [5.41, 5.74) is 0.641. The van der Waals surface area contributed by atoms with E-state index >= 15 is 0 Å². The first kappa shape index (κ1) is 16.8. The molecule has 3 heterocycles. The molecule has 1 amide bonds. The van der Waals surface area contributed by atoms with E-state index in [-0.39, 0.29) is 12.3 Å². The summed E-state index contributed by atoms with van der Waals surface area (Å²) in [5, 5.41) is 14.3. The molecule has 0 atom stereocenters. The van der Waals surface area contributed by atoms with Crippen LogP contribution in [-0.2, 0) is 17.6 Å². The minimum atomic E-state index is -0.170. The summed E-state index contributed by atoms with van der Waals surface area (Å²) in [6.07, 6.45) is 1.01. The molecule has 3 rings (SSSR count). The van der Waals surface area contributed by atoms with Gasteiger partial charge in [0.2, 0.25) is 16.9 Å². The van der Waals surface area contributed by atoms with E-state index in [9.17, 15) is 4.79 Å². The number of anilines is 1. The van der Waals surface area contributed by atoms with Crippen LogP contribution < -0.4 is 5.32 Å². The highest BCUT2D eigenvalue weighted by Gasteiger charge is 2.16. The quantitative estimate of drug-likeness (QED) is 0.718. The van der Waals surface area contributed by atoms with E-state index < -0.39 is 0 Å². The fraction of sp³-hybridized carbons (Fsp3) is 0.375. The van der Waals surface area contributed by atoms with Gasteiger partial charge in [-0.25, -0.2) is 4.98 Å². The van der Waals surface area contributed by atoms with Crippen LogP contribution in [0.2, 0.25) is 0 Å². The number of thiophene rings is 1. The van der Waals surface area contributed by atoms with E-state index in [1.54, 1.807) is 11.3 Å². The zero-order valence-electron chi connectivity index (χ0n) is 13.7. The van der Waals surface area contributed by atoms with Crippen LogP contribution in [-0.4, -0.2) is 21.1 Å². The van der Waals surface area contributed by atoms with Crippen LogP contribution in [0.4, 0.5) is 5.13 Å². The molecule has 126 valence electrons. The molecule has 24 heavy (non-hydrogen) atoms. The number of amides is 1. The fourth-order valence-corrected chi connectivity index (χ4v) is 3.77. The first-order chi connectivity index (χ1) is 11.5. The smallest absolute Gasteiger partial charge is 0.236 e. The van der Waals surface area contributed by atoms with E-state index in [0.29, 0.717) is 28.4 Å². The lowest BCUT2D eigenvalue weighted by Gasteiger charge is -1.99. The second kappa shape index (κ2) is 7.23. The van der Waals surface area contributed by atoms with Gasteiger partial charge in [-0.1, -0.05) is 31.3 Å². The van der Waals surface area contributed by atoms with Crippen molar-refractivity contribution in [3.8, 4) is 10.8 Å². The Balaban J connectivity index is 1.64. The molecule has 0 aromatic carbocycles. The van der Waals surface area contributed by atoms with Crippen molar-refractivity contribution in [3.05, 3.63) is 34.0 Å². The molecular weight excluding hydrogens is 344 g/mol. The molecule has 0 fully saturated rings. The average molecular weight is 362 g/mol. The number of hydrogen-bond donors (Lipinski definition) is 1. The van der Waals surface area contributed by atoms with Gasteiger partial charge in [-0.2, -0.15) is 0 Å². The van der Waals surface area contributed by atoms with Gasteiger partial charge in [0, 0.05) is 6.42 Å². The number of aromatic nitrogens is 3. The highest BCUT2D eigenvalue weighted by atomic mass is 32.1. The standard InChI is InChI=1S/C16H18N4O2S2/c1-9(2)7-14-19-20-16(24-14)18-13(21)8-11-10(3)22-15(17-11)12-5-4-6-23-12/h4-6,9H,7-8H2,1-3H3,(H,18,20,21). The molecule has 0 radical (unpaired) electrons. The maximum absolute atomic E-state index is 12.2. The zero-order valence-corrected chi connectivity index (χ0v) is 15.3. The molecule has 6 nitrogen and oxygen atoms in total. The molecular formula is C16H18N4O2S2. The Hall–Kier alpha value is -2.06. The lowest BCUT2D eigenvalue weighted by Crippen LogP contribution is -2.15. The average Bonchev–Trinajstić information content (AvgIpc) is 3.21. The number of carbonyl (C=O) groups is 1. The summed E-state index contributed by atoms with van der Waals surface area (Å²) >= 11 is 2.96. The first-order valence-corrected chi connectivity index (χ1v) is 9.33. The first-order valence-electron chi connectivity index (χ1n) is 7.63. The van der Waals surface area contributed by atoms with Crippen LogP contribution in [0.25, 0.3) is 10.8 Å². The van der Waals surface area contributed by atoms with Gasteiger partial charge in [0.05, 0.1) is 17.0 Å². The van der Waals surface area contributed by atoms with Crippen LogP contribution in [0, 0.1) is 12.8 Å². The van der Waals surface area contributed by atoms with Crippen molar-refractivity contribution in [2.24, 2.45) is 5.92 Å². The van der Waals surface area contributed by atoms with Crippen molar-refractivity contribution < 1.29 is 9.21 Å². The van der Waals surface area contributed by atoms with Gasteiger partial charge < -0.3 is 9.73 Å². The third-order valence-corrected chi connectivity index (χ3v) is 4.97. The maximum Gasteiger partial charge on any atom is 0.236 e. The zero-order chi connectivity index (χ0) is 17.1. The molecule has 8 heteroatoms. The Morgan fingerprint density at radius 1 is 1.38 bits per heavy atom. The third kappa shape index (κ3) is 4.07. The van der Waals surface area contributed by atoms with Gasteiger partial charge in [-0.15, -0.1) is 21.5 Å². The Kier molecular flexibility index (Phi) is 5.06. The Bertz CT molecular complexity index is 821. The summed E-state index contributed by atoms with van der Waals surface area (Å²) in [4.78, 5) is 17.6. The molecule has 0 saturated heterocycles. The molecule has 1 N–H and O–H groups in total. The van der Waals surface area contributed by atoms with Crippen molar-refractivity contribution in [1.29, 1.82) is 0 Å². The fourth-order valence-electron chi connectivity index (χ4n) is 2.15. The molecule has 0 aliphatic rings. The van der Waals surface area contributed by atoms with E-state index in [1.807, 2.05) is 24.4 Å². The van der Waals surface area contributed by atoms with E-state index in [4.69, 9.17) is 4.42 Å². The number of aryl methyl sites for hydroxylation is 1. The number of oxazole rings is 1. The summed E-state index contributed by atoms with van der Waals surface area (Å²) < 4.78 is 5.65. The second-order valence-electron chi connectivity index (χ2n) is 5.82. The van der Waals surface area contributed by atoms with Gasteiger partial charge in [0.1, 0.15) is 10.8 Å². The Morgan fingerprint density at radius 3 is 2.92 bits per heavy atom. The van der Waals surface area contributed by atoms with Crippen LogP contribution in [0.1, 0.15) is 30.3 Å². The summed E-state index contributed by atoms with van der Waals surface area (Å²) in [5.74, 6) is 1.55. The molecule has 0 bridgehead atoms. The number of nitrogens with one attached hydrogen (secondary N) is 1. The van der Waals surface area contributed by atoms with Crippen molar-refractivity contribution in [2.45, 2.75) is 33.6 Å². The molecule has 3 aromatic heterocycles. The Labute approximate surface area is 148 Å². The van der Waals surface area contributed by atoms with Gasteiger partial charge >= 0.3 is 0 Å². The molecule has 0 aliphatic carbocycles. The second-order valence-corrected chi connectivity index (χ2v) is 7.83. The van der Waals surface area contributed by atoms with Gasteiger partial charge in [0.25, 0.3) is 0 Å². The minimum Gasteiger partial charge on any atom is -0.440 e. The van der Waals surface area contributed by atoms with Gasteiger partial charge in [-0.05, 0) is 24.3 Å². The topological polar surface area (TPSA) is 80.9 Å². The van der Waals surface area contributed by atoms with E-state index in [0.717, 1.165) is 16.3 Å². The lowest BCUT2D eigenvalue weighted by molar-refractivity contribution is -0.115. The highest BCUT2D eigenvalue weighted by molar-refractivity contribution is 7.15. The summed E-state index contributed by atoms with van der Waals surface area (Å²) in [6.45, 7) is 6.06. The highest BCUT2D eigenvalue weighted by Crippen LogP contribution is 2.26. The number of hydrogen-bond acceptors (Lipinski definition) is 7. The predicted octanol–water partition coefficient (Wildman–Crippen LogP) is 3.94. The largest absolute Gasteiger partial charge is 0.440 e. The monoisotopic (exact) mass is 362 g/mol. The van der Waals surface area contributed by atoms with Crippen LogP contribution in [0.5, 0.6) is 0 Å². The lowest BCUT2D eigenvalue weighted by atomic mass is 10.1. The van der Waals surface area contributed by atoms with E-state index in [1.165, 1.54) is 11.3 Å². The summed E-state index contributed by atoms with van der Waals surface area (Å²) in [7, 11) is 0. The maximum atomic E-state index is 12.2. The molecule has 0 saturated carbocycles. The number of rotatable bonds is 6. The van der Waals surface area contributed by atoms with E-state index in [2.05, 4.69) is 34.3 Å². The molecule has 0 spiro atoms. The molecule has 0 aliphatic heterocycles. The SMILES string of the molecule is Cc1oc(-c2cccs2)nc1CC(=O)Nc1nnc(CC(C)C)s1. The minimum absolute atomic E-state index is 0.153. The molecule has 0 unspecified atom stereocenters. The van der Waals surface area contributed by atoms with Crippen molar-refractivity contribution in [2.75, 3.05) is 5.32 Å². The van der Waals surface area contributed by atoms with Gasteiger partial charge in [0.15, 0.2) is 0 Å². The Morgan fingerprint density at radius 2 is 2.21 bits per heavy atom. The molecule has 3 aromatic rings. The normalized spacial score (nSPS) is 11.2. The van der Waals surface area contributed by atoms with Crippen molar-refractivity contribution in [3.63, 3.8) is 0 Å².